The lowest BCUT2D eigenvalue weighted by Gasteiger charge is -2.42. The molecule has 2 aromatic rings. The molecule has 0 aromatic heterocycles. The number of hydrogen-bond acceptors (Lipinski definition) is 5. The van der Waals surface area contributed by atoms with E-state index in [0.717, 1.165) is 24.1 Å². The Balaban J connectivity index is 1.38. The van der Waals surface area contributed by atoms with Gasteiger partial charge in [-0.1, -0.05) is 19.9 Å². The van der Waals surface area contributed by atoms with Gasteiger partial charge in [0.2, 0.25) is 5.91 Å². The van der Waals surface area contributed by atoms with Crippen molar-refractivity contribution in [3.8, 4) is 0 Å². The Morgan fingerprint density at radius 2 is 1.68 bits per heavy atom. The smallest absolute Gasteiger partial charge is 0.254 e. The van der Waals surface area contributed by atoms with Crippen molar-refractivity contribution < 1.29 is 22.4 Å². The van der Waals surface area contributed by atoms with Crippen LogP contribution in [-0.2, 0) is 14.6 Å². The van der Waals surface area contributed by atoms with Crippen molar-refractivity contribution in [1.29, 1.82) is 0 Å². The van der Waals surface area contributed by atoms with E-state index < -0.39 is 27.6 Å². The highest BCUT2D eigenvalue weighted by atomic mass is 32.2. The number of benzene rings is 2. The van der Waals surface area contributed by atoms with Gasteiger partial charge in [0, 0.05) is 30.6 Å². The van der Waals surface area contributed by atoms with E-state index in [2.05, 4.69) is 17.6 Å². The van der Waals surface area contributed by atoms with Crippen molar-refractivity contribution in [3.05, 3.63) is 59.4 Å². The fourth-order valence-electron chi connectivity index (χ4n) is 4.80. The summed E-state index contributed by atoms with van der Waals surface area (Å²) >= 11 is 0. The number of nitrogens with one attached hydrogen (secondary N) is 2. The largest absolute Gasteiger partial charge is 0.380 e. The SMILES string of the molecule is CC(C)[C@@H](NC(=O)c1cc(C2CC2)ccc1F)C(=O)N1CCC(C)(Nc2ccc(S(C)(=O)=O)cc2)CC1. The van der Waals surface area contributed by atoms with Crippen LogP contribution in [0, 0.1) is 11.7 Å². The number of amides is 2. The summed E-state index contributed by atoms with van der Waals surface area (Å²) in [5, 5.41) is 6.28. The lowest BCUT2D eigenvalue weighted by Crippen LogP contribution is -2.56. The number of halogens is 1. The molecule has 0 bridgehead atoms. The van der Waals surface area contributed by atoms with Crippen LogP contribution in [0.4, 0.5) is 10.1 Å². The first-order valence-corrected chi connectivity index (χ1v) is 14.7. The van der Waals surface area contributed by atoms with Gasteiger partial charge in [-0.05, 0) is 86.4 Å². The van der Waals surface area contributed by atoms with Crippen LogP contribution in [0.2, 0.25) is 0 Å². The molecule has 1 heterocycles. The average molecular weight is 530 g/mol. The molecule has 4 rings (SSSR count). The first-order valence-electron chi connectivity index (χ1n) is 12.8. The summed E-state index contributed by atoms with van der Waals surface area (Å²) in [5.41, 5.74) is 1.50. The number of sulfone groups is 1. The van der Waals surface area contributed by atoms with E-state index in [1.54, 1.807) is 41.3 Å². The zero-order chi connectivity index (χ0) is 27.0. The predicted octanol–water partition coefficient (Wildman–Crippen LogP) is 4.35. The highest BCUT2D eigenvalue weighted by Gasteiger charge is 2.36. The van der Waals surface area contributed by atoms with Crippen molar-refractivity contribution in [1.82, 2.24) is 10.2 Å². The predicted molar refractivity (Wildman–Crippen MR) is 142 cm³/mol. The van der Waals surface area contributed by atoms with Crippen LogP contribution in [0.15, 0.2) is 47.4 Å². The lowest BCUT2D eigenvalue weighted by atomic mass is 9.88. The van der Waals surface area contributed by atoms with Gasteiger partial charge in [-0.3, -0.25) is 9.59 Å². The number of carbonyl (C=O) groups excluding carboxylic acids is 2. The van der Waals surface area contributed by atoms with Gasteiger partial charge in [0.05, 0.1) is 10.5 Å². The maximum absolute atomic E-state index is 14.5. The summed E-state index contributed by atoms with van der Waals surface area (Å²) in [5.74, 6) is -1.08. The van der Waals surface area contributed by atoms with Crippen LogP contribution < -0.4 is 10.6 Å². The summed E-state index contributed by atoms with van der Waals surface area (Å²) in [6, 6.07) is 10.6. The topological polar surface area (TPSA) is 95.6 Å². The zero-order valence-corrected chi connectivity index (χ0v) is 22.7. The van der Waals surface area contributed by atoms with E-state index in [1.807, 2.05) is 13.8 Å². The highest BCUT2D eigenvalue weighted by Crippen LogP contribution is 2.40. The van der Waals surface area contributed by atoms with Gasteiger partial charge in [-0.15, -0.1) is 0 Å². The molecule has 2 N–H and O–H groups in total. The van der Waals surface area contributed by atoms with Crippen LogP contribution in [0.25, 0.3) is 0 Å². The van der Waals surface area contributed by atoms with Crippen LogP contribution in [0.1, 0.15) is 68.3 Å². The summed E-state index contributed by atoms with van der Waals surface area (Å²) in [7, 11) is -3.25. The van der Waals surface area contributed by atoms with E-state index in [1.165, 1.54) is 12.3 Å². The molecule has 2 aliphatic rings. The second kappa shape index (κ2) is 10.4. The molecule has 200 valence electrons. The second-order valence-electron chi connectivity index (χ2n) is 11.0. The van der Waals surface area contributed by atoms with Crippen molar-refractivity contribution in [3.63, 3.8) is 0 Å². The molecule has 2 amide bonds. The Kier molecular flexibility index (Phi) is 7.65. The van der Waals surface area contributed by atoms with Gasteiger partial charge in [0.1, 0.15) is 11.9 Å². The number of rotatable bonds is 8. The monoisotopic (exact) mass is 529 g/mol. The lowest BCUT2D eigenvalue weighted by molar-refractivity contribution is -0.135. The molecular formula is C28H36FN3O4S. The first kappa shape index (κ1) is 27.1. The van der Waals surface area contributed by atoms with Crippen LogP contribution >= 0.6 is 0 Å². The van der Waals surface area contributed by atoms with Crippen LogP contribution in [0.5, 0.6) is 0 Å². The fraction of sp³-hybridized carbons (Fsp3) is 0.500. The minimum absolute atomic E-state index is 0.0137. The van der Waals surface area contributed by atoms with E-state index in [9.17, 15) is 22.4 Å². The third kappa shape index (κ3) is 6.50. The number of likely N-dealkylation sites (tertiary alicyclic amines) is 1. The van der Waals surface area contributed by atoms with Gasteiger partial charge in [0.25, 0.3) is 5.91 Å². The van der Waals surface area contributed by atoms with E-state index in [-0.39, 0.29) is 27.8 Å². The maximum atomic E-state index is 14.5. The molecule has 1 aliphatic heterocycles. The molecule has 2 fully saturated rings. The molecule has 0 unspecified atom stereocenters. The molecule has 2 aromatic carbocycles. The standard InChI is InChI=1S/C28H36FN3O4S/c1-18(2)25(30-26(33)23-17-20(19-5-6-19)7-12-24(23)29)27(34)32-15-13-28(3,14-16-32)31-21-8-10-22(11-9-21)37(4,35)36/h7-12,17-19,25,31H,5-6,13-16H2,1-4H3,(H,30,33)/t25-/m1/s1. The Morgan fingerprint density at radius 3 is 2.22 bits per heavy atom. The van der Waals surface area contributed by atoms with Gasteiger partial charge in [-0.25, -0.2) is 12.8 Å². The summed E-state index contributed by atoms with van der Waals surface area (Å²) in [4.78, 5) is 28.4. The summed E-state index contributed by atoms with van der Waals surface area (Å²) in [6.07, 6.45) is 4.65. The number of piperidine rings is 1. The maximum Gasteiger partial charge on any atom is 0.254 e. The van der Waals surface area contributed by atoms with Crippen molar-refractivity contribution >= 4 is 27.3 Å². The number of carbonyl (C=O) groups is 2. The Morgan fingerprint density at radius 1 is 1.05 bits per heavy atom. The molecule has 1 saturated carbocycles. The quantitative estimate of drug-likeness (QED) is 0.530. The van der Waals surface area contributed by atoms with Gasteiger partial charge in [-0.2, -0.15) is 0 Å². The van der Waals surface area contributed by atoms with E-state index in [4.69, 9.17) is 0 Å². The molecule has 9 heteroatoms. The van der Waals surface area contributed by atoms with Crippen LogP contribution in [-0.4, -0.2) is 56.1 Å². The normalized spacial score (nSPS) is 18.4. The van der Waals surface area contributed by atoms with Gasteiger partial charge >= 0.3 is 0 Å². The second-order valence-corrected chi connectivity index (χ2v) is 13.0. The molecule has 1 atom stereocenters. The minimum Gasteiger partial charge on any atom is -0.380 e. The Hall–Kier alpha value is -2.94. The third-order valence-electron chi connectivity index (χ3n) is 7.41. The van der Waals surface area contributed by atoms with Crippen molar-refractivity contribution in [2.24, 2.45) is 5.92 Å². The van der Waals surface area contributed by atoms with E-state index in [0.29, 0.717) is 31.8 Å². The zero-order valence-electron chi connectivity index (χ0n) is 21.9. The molecule has 0 radical (unpaired) electrons. The number of anilines is 1. The minimum atomic E-state index is -3.25. The number of hydrogen-bond donors (Lipinski definition) is 2. The number of nitrogens with zero attached hydrogens (tertiary/aromatic N) is 1. The fourth-order valence-corrected chi connectivity index (χ4v) is 5.43. The van der Waals surface area contributed by atoms with E-state index >= 15 is 0 Å². The molecular weight excluding hydrogens is 493 g/mol. The molecule has 7 nitrogen and oxygen atoms in total. The summed E-state index contributed by atoms with van der Waals surface area (Å²) < 4.78 is 37.9. The summed E-state index contributed by atoms with van der Waals surface area (Å²) in [6.45, 7) is 6.84. The van der Waals surface area contributed by atoms with Crippen LogP contribution in [0.3, 0.4) is 0 Å². The Labute approximate surface area is 218 Å². The Bertz CT molecular complexity index is 1260. The van der Waals surface area contributed by atoms with Crippen molar-refractivity contribution in [2.75, 3.05) is 24.7 Å². The molecule has 37 heavy (non-hydrogen) atoms. The first-order chi connectivity index (χ1) is 17.4. The molecule has 1 saturated heterocycles. The highest BCUT2D eigenvalue weighted by molar-refractivity contribution is 7.90. The molecule has 1 aliphatic carbocycles. The molecule has 0 spiro atoms. The van der Waals surface area contributed by atoms with Gasteiger partial charge < -0.3 is 15.5 Å². The van der Waals surface area contributed by atoms with Crippen molar-refractivity contribution in [2.45, 2.75) is 68.8 Å². The van der Waals surface area contributed by atoms with Gasteiger partial charge in [0.15, 0.2) is 9.84 Å². The third-order valence-corrected chi connectivity index (χ3v) is 8.54. The average Bonchev–Trinajstić information content (AvgIpc) is 3.68.